The van der Waals surface area contributed by atoms with Crippen molar-refractivity contribution >= 4 is 22.7 Å². The first-order valence-electron chi connectivity index (χ1n) is 10.6. The van der Waals surface area contributed by atoms with Gasteiger partial charge < -0.3 is 24.5 Å². The third kappa shape index (κ3) is 2.55. The molecule has 5 rings (SSSR count). The van der Waals surface area contributed by atoms with Gasteiger partial charge in [-0.3, -0.25) is 14.5 Å². The Kier molecular flexibility index (Phi) is 4.43. The van der Waals surface area contributed by atoms with E-state index in [9.17, 15) is 14.7 Å². The summed E-state index contributed by atoms with van der Waals surface area (Å²) in [7, 11) is 3.06. The maximum absolute atomic E-state index is 13.6. The van der Waals surface area contributed by atoms with Crippen molar-refractivity contribution in [3.63, 3.8) is 0 Å². The van der Waals surface area contributed by atoms with E-state index in [1.54, 1.807) is 7.11 Å². The molecule has 164 valence electrons. The Morgan fingerprint density at radius 2 is 2.06 bits per heavy atom. The van der Waals surface area contributed by atoms with E-state index in [1.165, 1.54) is 16.9 Å². The number of hydrogen-bond acceptors (Lipinski definition) is 5. The molecule has 3 aliphatic heterocycles. The minimum atomic E-state index is -2.12. The molecule has 8 heteroatoms. The molecule has 31 heavy (non-hydrogen) atoms. The predicted octanol–water partition coefficient (Wildman–Crippen LogP) is 2.41. The van der Waals surface area contributed by atoms with Crippen molar-refractivity contribution in [1.29, 1.82) is 0 Å². The van der Waals surface area contributed by atoms with Gasteiger partial charge in [-0.1, -0.05) is 11.6 Å². The lowest BCUT2D eigenvalue weighted by Gasteiger charge is -2.54. The standard InChI is InChI=1S/C23H27N3O5/c1-12(2)10-17-19-18(14-8-7-13(30-3)11-15(14)24-19)20(31-4)23(29)22(28)25-9-5-6-16(25)21(27)26(17)23/h7-8,10-11,16-17,20,24,29H,5-6,9H2,1-4H3/t16-,17-,20-,23-/m0/s1. The fourth-order valence-electron chi connectivity index (χ4n) is 5.45. The zero-order valence-corrected chi connectivity index (χ0v) is 18.1. The number of piperazine rings is 1. The third-order valence-electron chi connectivity index (χ3n) is 6.72. The van der Waals surface area contributed by atoms with E-state index < -0.39 is 29.8 Å². The van der Waals surface area contributed by atoms with Crippen LogP contribution in [0.4, 0.5) is 0 Å². The van der Waals surface area contributed by atoms with Crippen molar-refractivity contribution < 1.29 is 24.2 Å². The van der Waals surface area contributed by atoms with E-state index in [1.807, 2.05) is 38.1 Å². The summed E-state index contributed by atoms with van der Waals surface area (Å²) < 4.78 is 11.1. The minimum Gasteiger partial charge on any atom is -0.497 e. The number of aromatic nitrogens is 1. The number of aromatic amines is 1. The number of nitrogens with zero attached hydrogens (tertiary/aromatic N) is 2. The second-order valence-electron chi connectivity index (χ2n) is 8.76. The summed E-state index contributed by atoms with van der Waals surface area (Å²) in [4.78, 5) is 33.5. The maximum atomic E-state index is 13.6. The fourth-order valence-corrected chi connectivity index (χ4v) is 5.45. The van der Waals surface area contributed by atoms with Gasteiger partial charge in [0.05, 0.1) is 13.2 Å². The summed E-state index contributed by atoms with van der Waals surface area (Å²) in [5, 5.41) is 12.8. The Morgan fingerprint density at radius 3 is 2.74 bits per heavy atom. The number of ether oxygens (including phenoxy) is 2. The molecular weight excluding hydrogens is 398 g/mol. The van der Waals surface area contributed by atoms with Crippen LogP contribution in [0.3, 0.4) is 0 Å². The molecule has 8 nitrogen and oxygen atoms in total. The number of H-pyrrole nitrogens is 1. The Hall–Kier alpha value is -2.84. The molecule has 2 aromatic rings. The lowest BCUT2D eigenvalue weighted by atomic mass is 9.82. The van der Waals surface area contributed by atoms with Gasteiger partial charge in [-0.2, -0.15) is 0 Å². The van der Waals surface area contributed by atoms with Gasteiger partial charge in [0.25, 0.3) is 11.6 Å². The molecule has 4 atom stereocenters. The number of hydrogen-bond donors (Lipinski definition) is 2. The highest BCUT2D eigenvalue weighted by atomic mass is 16.5. The van der Waals surface area contributed by atoms with Crippen LogP contribution in [0.5, 0.6) is 5.75 Å². The molecule has 4 heterocycles. The van der Waals surface area contributed by atoms with E-state index in [0.29, 0.717) is 24.3 Å². The zero-order chi connectivity index (χ0) is 22.1. The van der Waals surface area contributed by atoms with Gasteiger partial charge in [-0.25, -0.2) is 0 Å². The summed E-state index contributed by atoms with van der Waals surface area (Å²) in [5.41, 5.74) is 1.08. The topological polar surface area (TPSA) is 95.1 Å². The van der Waals surface area contributed by atoms with Crippen LogP contribution in [0.1, 0.15) is 50.1 Å². The molecule has 1 aromatic carbocycles. The van der Waals surface area contributed by atoms with E-state index in [0.717, 1.165) is 28.6 Å². The number of amides is 2. The lowest BCUT2D eigenvalue weighted by Crippen LogP contribution is -2.74. The Balaban J connectivity index is 1.82. The second kappa shape index (κ2) is 6.83. The third-order valence-corrected chi connectivity index (χ3v) is 6.72. The first kappa shape index (κ1) is 20.1. The summed E-state index contributed by atoms with van der Waals surface area (Å²) in [6.45, 7) is 4.34. The number of rotatable bonds is 3. The van der Waals surface area contributed by atoms with Crippen molar-refractivity contribution in [3.8, 4) is 5.75 Å². The minimum absolute atomic E-state index is 0.244. The van der Waals surface area contributed by atoms with Crippen molar-refractivity contribution in [2.24, 2.45) is 0 Å². The maximum Gasteiger partial charge on any atom is 0.279 e. The van der Waals surface area contributed by atoms with Crippen molar-refractivity contribution in [2.75, 3.05) is 20.8 Å². The van der Waals surface area contributed by atoms with Crippen LogP contribution in [-0.2, 0) is 14.3 Å². The highest BCUT2D eigenvalue weighted by molar-refractivity contribution is 6.02. The van der Waals surface area contributed by atoms with E-state index in [4.69, 9.17) is 9.47 Å². The molecular formula is C23H27N3O5. The monoisotopic (exact) mass is 425 g/mol. The molecule has 2 amide bonds. The van der Waals surface area contributed by atoms with Gasteiger partial charge in [-0.15, -0.1) is 0 Å². The van der Waals surface area contributed by atoms with Gasteiger partial charge in [-0.05, 0) is 38.8 Å². The number of aliphatic hydroxyl groups is 1. The van der Waals surface area contributed by atoms with Crippen LogP contribution >= 0.6 is 0 Å². The highest BCUT2D eigenvalue weighted by Gasteiger charge is 2.66. The van der Waals surface area contributed by atoms with Crippen LogP contribution in [-0.4, -0.2) is 64.2 Å². The fraction of sp³-hybridized carbons (Fsp3) is 0.478. The quantitative estimate of drug-likeness (QED) is 0.737. The van der Waals surface area contributed by atoms with Gasteiger partial charge >= 0.3 is 0 Å². The summed E-state index contributed by atoms with van der Waals surface area (Å²) in [5.74, 6) is -0.0313. The number of fused-ring (bicyclic) bond motifs is 5. The molecule has 0 saturated carbocycles. The van der Waals surface area contributed by atoms with Crippen LogP contribution in [0.15, 0.2) is 29.8 Å². The van der Waals surface area contributed by atoms with Crippen LogP contribution in [0.25, 0.3) is 10.9 Å². The molecule has 2 saturated heterocycles. The number of methoxy groups -OCH3 is 2. The summed E-state index contributed by atoms with van der Waals surface area (Å²) in [6.07, 6.45) is 2.24. The number of carbonyl (C=O) groups excluding carboxylic acids is 2. The van der Waals surface area contributed by atoms with Crippen LogP contribution < -0.4 is 4.74 Å². The van der Waals surface area contributed by atoms with E-state index >= 15 is 0 Å². The second-order valence-corrected chi connectivity index (χ2v) is 8.76. The predicted molar refractivity (Wildman–Crippen MR) is 113 cm³/mol. The smallest absolute Gasteiger partial charge is 0.279 e. The van der Waals surface area contributed by atoms with Gasteiger partial charge in [0.15, 0.2) is 0 Å². The molecule has 3 aliphatic rings. The Bertz CT molecular complexity index is 1120. The SMILES string of the molecule is COc1ccc2c3c([nH]c2c1)[C@H](C=C(C)C)N1C(=O)[C@@H]2CCCN2C(=O)[C@@]1(O)[C@H]3OC. The van der Waals surface area contributed by atoms with Crippen LogP contribution in [0.2, 0.25) is 0 Å². The van der Waals surface area contributed by atoms with Crippen molar-refractivity contribution in [1.82, 2.24) is 14.8 Å². The van der Waals surface area contributed by atoms with Gasteiger partial charge in [0.1, 0.15) is 17.9 Å². The first-order chi connectivity index (χ1) is 14.8. The Morgan fingerprint density at radius 1 is 1.29 bits per heavy atom. The number of carbonyl (C=O) groups is 2. The molecule has 1 aromatic heterocycles. The molecule has 0 unspecified atom stereocenters. The Labute approximate surface area is 180 Å². The average Bonchev–Trinajstić information content (AvgIpc) is 3.37. The largest absolute Gasteiger partial charge is 0.497 e. The molecule has 0 radical (unpaired) electrons. The molecule has 0 aliphatic carbocycles. The molecule has 0 bridgehead atoms. The van der Waals surface area contributed by atoms with E-state index in [-0.39, 0.29) is 5.91 Å². The van der Waals surface area contributed by atoms with Crippen molar-refractivity contribution in [3.05, 3.63) is 41.1 Å². The van der Waals surface area contributed by atoms with Crippen LogP contribution in [0, 0.1) is 0 Å². The normalized spacial score (nSPS) is 29.6. The summed E-state index contributed by atoms with van der Waals surface area (Å²) in [6, 6.07) is 4.44. The number of benzene rings is 1. The summed E-state index contributed by atoms with van der Waals surface area (Å²) >= 11 is 0. The molecule has 2 fully saturated rings. The number of nitrogens with one attached hydrogen (secondary N) is 1. The number of allylic oxidation sites excluding steroid dienone is 1. The average molecular weight is 425 g/mol. The van der Waals surface area contributed by atoms with Gasteiger partial charge in [0, 0.05) is 41.9 Å². The van der Waals surface area contributed by atoms with Crippen molar-refractivity contribution in [2.45, 2.75) is 50.6 Å². The molecule has 0 spiro atoms. The van der Waals surface area contributed by atoms with Gasteiger partial charge in [0.2, 0.25) is 5.91 Å². The first-order valence-corrected chi connectivity index (χ1v) is 10.6. The lowest BCUT2D eigenvalue weighted by molar-refractivity contribution is -0.233. The zero-order valence-electron chi connectivity index (χ0n) is 18.1. The molecule has 2 N–H and O–H groups in total. The van der Waals surface area contributed by atoms with E-state index in [2.05, 4.69) is 4.98 Å². The highest BCUT2D eigenvalue weighted by Crippen LogP contribution is 2.52.